The Morgan fingerprint density at radius 2 is 1.89 bits per heavy atom. The fourth-order valence-electron chi connectivity index (χ4n) is 1.34. The van der Waals surface area contributed by atoms with Crippen LogP contribution in [0.15, 0.2) is 41.4 Å². The number of hydrogen-bond donors (Lipinski definition) is 1. The summed E-state index contributed by atoms with van der Waals surface area (Å²) in [5.41, 5.74) is 0.928. The zero-order chi connectivity index (χ0) is 13.4. The molecule has 0 aliphatic rings. The normalized spacial score (nSPS) is 11.7. The van der Waals surface area contributed by atoms with E-state index in [0.29, 0.717) is 0 Å². The molecule has 4 nitrogen and oxygen atoms in total. The van der Waals surface area contributed by atoms with Crippen molar-refractivity contribution in [1.29, 1.82) is 0 Å². The summed E-state index contributed by atoms with van der Waals surface area (Å²) in [6, 6.07) is 9.65. The van der Waals surface area contributed by atoms with E-state index >= 15 is 0 Å². The zero-order valence-corrected chi connectivity index (χ0v) is 11.5. The van der Waals surface area contributed by atoms with Gasteiger partial charge in [0.25, 0.3) is 0 Å². The van der Waals surface area contributed by atoms with Crippen molar-refractivity contribution in [1.82, 2.24) is 0 Å². The molecular formula is C13H17NO3S. The van der Waals surface area contributed by atoms with Gasteiger partial charge >= 0.3 is 0 Å². The number of nitrogens with one attached hydrogen (secondary N) is 1. The highest BCUT2D eigenvalue weighted by Crippen LogP contribution is 2.17. The first-order chi connectivity index (χ1) is 8.71. The molecule has 0 aromatic heterocycles. The van der Waals surface area contributed by atoms with Crippen molar-refractivity contribution in [3.05, 3.63) is 41.4 Å². The van der Waals surface area contributed by atoms with Crippen LogP contribution in [0.5, 0.6) is 0 Å². The Labute approximate surface area is 111 Å². The van der Waals surface area contributed by atoms with Crippen molar-refractivity contribution in [2.75, 3.05) is 25.8 Å². The quantitative estimate of drug-likeness (QED) is 0.607. The van der Waals surface area contributed by atoms with E-state index < -0.39 is 6.29 Å². The molecule has 98 valence electrons. The minimum Gasteiger partial charge on any atom is -0.350 e. The van der Waals surface area contributed by atoms with Gasteiger partial charge in [0, 0.05) is 26.0 Å². The van der Waals surface area contributed by atoms with Gasteiger partial charge in [0.15, 0.2) is 0 Å². The van der Waals surface area contributed by atoms with E-state index in [0.717, 1.165) is 10.7 Å². The van der Waals surface area contributed by atoms with Crippen molar-refractivity contribution in [2.24, 2.45) is 0 Å². The van der Waals surface area contributed by atoms with Gasteiger partial charge < -0.3 is 14.8 Å². The Morgan fingerprint density at radius 3 is 2.39 bits per heavy atom. The van der Waals surface area contributed by atoms with Crippen molar-refractivity contribution in [2.45, 2.75) is 6.29 Å². The lowest BCUT2D eigenvalue weighted by molar-refractivity contribution is -0.151. The average molecular weight is 267 g/mol. The maximum atomic E-state index is 11.8. The number of benzene rings is 1. The van der Waals surface area contributed by atoms with Crippen LogP contribution in [0.2, 0.25) is 0 Å². The number of thioether (sulfide) groups is 1. The van der Waals surface area contributed by atoms with Gasteiger partial charge in [0.05, 0.1) is 5.03 Å². The summed E-state index contributed by atoms with van der Waals surface area (Å²) in [6.45, 7) is 0. The number of anilines is 1. The van der Waals surface area contributed by atoms with Crippen molar-refractivity contribution in [3.8, 4) is 0 Å². The predicted molar refractivity (Wildman–Crippen MR) is 74.5 cm³/mol. The van der Waals surface area contributed by atoms with Gasteiger partial charge in [0.2, 0.25) is 12.1 Å². The fourth-order valence-corrected chi connectivity index (χ4v) is 1.79. The molecule has 0 saturated carbocycles. The summed E-state index contributed by atoms with van der Waals surface area (Å²) >= 11 is 1.45. The van der Waals surface area contributed by atoms with Crippen LogP contribution in [0.3, 0.4) is 0 Å². The van der Waals surface area contributed by atoms with Crippen LogP contribution in [0.1, 0.15) is 0 Å². The lowest BCUT2D eigenvalue weighted by Gasteiger charge is -2.12. The minimum atomic E-state index is -0.857. The van der Waals surface area contributed by atoms with E-state index in [2.05, 4.69) is 5.32 Å². The van der Waals surface area contributed by atoms with Gasteiger partial charge in [0.1, 0.15) is 0 Å². The number of methoxy groups -OCH3 is 2. The van der Waals surface area contributed by atoms with Crippen molar-refractivity contribution >= 4 is 23.2 Å². The Balaban J connectivity index is 2.74. The molecule has 0 aliphatic heterocycles. The lowest BCUT2D eigenvalue weighted by Crippen LogP contribution is -2.23. The number of hydrogen-bond acceptors (Lipinski definition) is 5. The van der Waals surface area contributed by atoms with Gasteiger partial charge in [-0.05, 0) is 18.4 Å². The molecule has 1 rings (SSSR count). The van der Waals surface area contributed by atoms with Gasteiger partial charge in [-0.2, -0.15) is 0 Å². The molecule has 0 unspecified atom stereocenters. The van der Waals surface area contributed by atoms with E-state index in [9.17, 15) is 4.79 Å². The number of carbonyl (C=O) groups is 1. The standard InChI is InChI=1S/C13H17NO3S/c1-16-13(17-2)11(15)9-12(18-3)14-10-7-5-4-6-8-10/h4-9,13-14H,1-3H3/b12-9+. The van der Waals surface area contributed by atoms with Crippen LogP contribution in [-0.2, 0) is 14.3 Å². The third kappa shape index (κ3) is 4.52. The molecule has 0 heterocycles. The van der Waals surface area contributed by atoms with Gasteiger partial charge in [-0.15, -0.1) is 11.8 Å². The van der Waals surface area contributed by atoms with Crippen LogP contribution < -0.4 is 5.32 Å². The van der Waals surface area contributed by atoms with Crippen molar-refractivity contribution in [3.63, 3.8) is 0 Å². The molecule has 0 bridgehead atoms. The summed E-state index contributed by atoms with van der Waals surface area (Å²) in [5.74, 6) is -0.229. The summed E-state index contributed by atoms with van der Waals surface area (Å²) in [4.78, 5) is 11.8. The van der Waals surface area contributed by atoms with Crippen LogP contribution in [0, 0.1) is 0 Å². The molecular weight excluding hydrogens is 250 g/mol. The van der Waals surface area contributed by atoms with E-state index in [1.807, 2.05) is 36.6 Å². The SMILES string of the molecule is COC(OC)C(=O)/C=C(\Nc1ccccc1)SC. The first-order valence-electron chi connectivity index (χ1n) is 5.38. The monoisotopic (exact) mass is 267 g/mol. The molecule has 0 amide bonds. The van der Waals surface area contributed by atoms with Crippen LogP contribution in [0.4, 0.5) is 5.69 Å². The maximum Gasteiger partial charge on any atom is 0.221 e. The third-order valence-corrected chi connectivity index (χ3v) is 2.85. The van der Waals surface area contributed by atoms with E-state index in [1.165, 1.54) is 32.1 Å². The molecule has 0 aliphatic carbocycles. The van der Waals surface area contributed by atoms with Gasteiger partial charge in [-0.25, -0.2) is 0 Å². The maximum absolute atomic E-state index is 11.8. The van der Waals surface area contributed by atoms with E-state index in [1.54, 1.807) is 0 Å². The molecule has 1 aromatic carbocycles. The van der Waals surface area contributed by atoms with Gasteiger partial charge in [-0.3, -0.25) is 4.79 Å². The molecule has 0 radical (unpaired) electrons. The first-order valence-corrected chi connectivity index (χ1v) is 6.61. The molecule has 1 aromatic rings. The summed E-state index contributed by atoms with van der Waals surface area (Å²) in [7, 11) is 2.87. The van der Waals surface area contributed by atoms with Crippen LogP contribution >= 0.6 is 11.8 Å². The summed E-state index contributed by atoms with van der Waals surface area (Å²) in [6.07, 6.45) is 2.52. The van der Waals surface area contributed by atoms with E-state index in [4.69, 9.17) is 9.47 Å². The molecule has 0 fully saturated rings. The Kier molecular flexibility index (Phi) is 6.49. The van der Waals surface area contributed by atoms with Gasteiger partial charge in [-0.1, -0.05) is 18.2 Å². The highest BCUT2D eigenvalue weighted by atomic mass is 32.2. The molecule has 1 N–H and O–H groups in total. The molecule has 0 saturated heterocycles. The second-order valence-electron chi connectivity index (χ2n) is 3.41. The largest absolute Gasteiger partial charge is 0.350 e. The molecule has 0 spiro atoms. The number of para-hydroxylation sites is 1. The summed E-state index contributed by atoms with van der Waals surface area (Å²) < 4.78 is 9.81. The highest BCUT2D eigenvalue weighted by Gasteiger charge is 2.14. The second kappa shape index (κ2) is 7.92. The number of ether oxygens (including phenoxy) is 2. The first kappa shape index (κ1) is 14.8. The fraction of sp³-hybridized carbons (Fsp3) is 0.308. The molecule has 5 heteroatoms. The van der Waals surface area contributed by atoms with Crippen LogP contribution in [0.25, 0.3) is 0 Å². The Morgan fingerprint density at radius 1 is 1.28 bits per heavy atom. The van der Waals surface area contributed by atoms with Crippen molar-refractivity contribution < 1.29 is 14.3 Å². The predicted octanol–water partition coefficient (Wildman–Crippen LogP) is 2.49. The summed E-state index contributed by atoms with van der Waals surface area (Å²) in [5, 5.41) is 3.90. The van der Waals surface area contributed by atoms with Crippen LogP contribution in [-0.4, -0.2) is 32.5 Å². The second-order valence-corrected chi connectivity index (χ2v) is 4.26. The highest BCUT2D eigenvalue weighted by molar-refractivity contribution is 8.02. The number of ketones is 1. The number of rotatable bonds is 7. The molecule has 0 atom stereocenters. The molecule has 18 heavy (non-hydrogen) atoms. The minimum absolute atomic E-state index is 0.229. The van der Waals surface area contributed by atoms with E-state index in [-0.39, 0.29) is 5.78 Å². The third-order valence-electron chi connectivity index (χ3n) is 2.20. The Bertz CT molecular complexity index is 402. The smallest absolute Gasteiger partial charge is 0.221 e. The Hall–Kier alpha value is -1.30. The zero-order valence-electron chi connectivity index (χ0n) is 10.7. The topological polar surface area (TPSA) is 47.6 Å². The number of carbonyl (C=O) groups excluding carboxylic acids is 1. The lowest BCUT2D eigenvalue weighted by atomic mass is 10.3. The average Bonchev–Trinajstić information content (AvgIpc) is 2.40.